The first-order chi connectivity index (χ1) is 11.6. The van der Waals surface area contributed by atoms with Crippen LogP contribution in [0.1, 0.15) is 49.7 Å². The van der Waals surface area contributed by atoms with Crippen LogP contribution in [0.3, 0.4) is 0 Å². The van der Waals surface area contributed by atoms with E-state index in [-0.39, 0.29) is 11.4 Å². The maximum Gasteiger partial charge on any atom is 0.338 e. The van der Waals surface area contributed by atoms with E-state index in [2.05, 4.69) is 0 Å². The van der Waals surface area contributed by atoms with E-state index < -0.39 is 0 Å². The molecule has 5 rings (SSSR count). The second-order valence-electron chi connectivity index (χ2n) is 7.52. The van der Waals surface area contributed by atoms with Crippen molar-refractivity contribution in [1.82, 2.24) is 0 Å². The maximum atomic E-state index is 12.6. The number of carbonyl (C=O) groups excluding carboxylic acids is 1. The van der Waals surface area contributed by atoms with Gasteiger partial charge in [0.1, 0.15) is 5.75 Å². The first kappa shape index (κ1) is 16.0. The monoisotopic (exact) mass is 346 g/mol. The highest BCUT2D eigenvalue weighted by Crippen LogP contribution is 2.50. The third kappa shape index (κ3) is 2.73. The van der Waals surface area contributed by atoms with E-state index in [1.807, 2.05) is 12.1 Å². The van der Waals surface area contributed by atoms with E-state index in [4.69, 9.17) is 21.1 Å². The van der Waals surface area contributed by atoms with Gasteiger partial charge in [-0.2, -0.15) is 0 Å². The average molecular weight is 347 g/mol. The van der Waals surface area contributed by atoms with Gasteiger partial charge in [0, 0.05) is 11.0 Å². The largest absolute Gasteiger partial charge is 0.497 e. The summed E-state index contributed by atoms with van der Waals surface area (Å²) in [5, 5.41) is 0.557. The molecular formula is C20H23ClO3. The zero-order chi connectivity index (χ0) is 16.7. The lowest BCUT2D eigenvalue weighted by Gasteiger charge is -2.46. The number of fused-ring (bicyclic) bond motifs is 4. The molecule has 128 valence electrons. The summed E-state index contributed by atoms with van der Waals surface area (Å²) >= 11 is 6.37. The van der Waals surface area contributed by atoms with Crippen LogP contribution in [-0.2, 0) is 16.0 Å². The molecule has 0 heterocycles. The van der Waals surface area contributed by atoms with Gasteiger partial charge in [0.05, 0.1) is 24.3 Å². The van der Waals surface area contributed by atoms with Crippen molar-refractivity contribution in [2.75, 3.05) is 13.7 Å². The highest BCUT2D eigenvalue weighted by molar-refractivity contribution is 6.35. The molecule has 0 saturated heterocycles. The first-order valence-corrected chi connectivity index (χ1v) is 9.22. The Labute approximate surface area is 148 Å². The Morgan fingerprint density at radius 2 is 1.96 bits per heavy atom. The Bertz CT molecular complexity index is 685. The summed E-state index contributed by atoms with van der Waals surface area (Å²) in [6, 6.07) is 3.70. The average Bonchev–Trinajstić information content (AvgIpc) is 3.06. The number of methoxy groups -OCH3 is 1. The fourth-order valence-electron chi connectivity index (χ4n) is 4.57. The van der Waals surface area contributed by atoms with E-state index in [1.54, 1.807) is 13.2 Å². The van der Waals surface area contributed by atoms with Crippen LogP contribution in [0.4, 0.5) is 0 Å². The predicted molar refractivity (Wildman–Crippen MR) is 94.3 cm³/mol. The summed E-state index contributed by atoms with van der Waals surface area (Å²) in [6.07, 6.45) is 10.1. The molecule has 0 radical (unpaired) electrons. The molecule has 0 amide bonds. The van der Waals surface area contributed by atoms with Gasteiger partial charge < -0.3 is 9.47 Å². The summed E-state index contributed by atoms with van der Waals surface area (Å²) in [5.41, 5.74) is 2.68. The van der Waals surface area contributed by atoms with Crippen molar-refractivity contribution in [3.8, 4) is 5.75 Å². The van der Waals surface area contributed by atoms with Crippen LogP contribution in [-0.4, -0.2) is 19.7 Å². The van der Waals surface area contributed by atoms with Crippen molar-refractivity contribution < 1.29 is 14.3 Å². The Morgan fingerprint density at radius 3 is 2.62 bits per heavy atom. The van der Waals surface area contributed by atoms with Gasteiger partial charge in [0.2, 0.25) is 0 Å². The SMILES string of the molecule is COc1cc(Cl)c2c(c1)CC=C2C(=O)OCC12CCC(CC1)CC2. The molecule has 2 bridgehead atoms. The molecule has 3 fully saturated rings. The van der Waals surface area contributed by atoms with Crippen molar-refractivity contribution in [1.29, 1.82) is 0 Å². The van der Waals surface area contributed by atoms with Gasteiger partial charge in [-0.3, -0.25) is 0 Å². The molecule has 3 saturated carbocycles. The number of hydrogen-bond donors (Lipinski definition) is 0. The summed E-state index contributed by atoms with van der Waals surface area (Å²) in [7, 11) is 1.62. The molecule has 1 aromatic rings. The number of benzene rings is 1. The molecule has 24 heavy (non-hydrogen) atoms. The maximum absolute atomic E-state index is 12.6. The molecule has 0 atom stereocenters. The van der Waals surface area contributed by atoms with E-state index in [0.717, 1.165) is 22.8 Å². The molecule has 4 heteroatoms. The highest BCUT2D eigenvalue weighted by Gasteiger charge is 2.41. The minimum Gasteiger partial charge on any atom is -0.497 e. The van der Waals surface area contributed by atoms with Crippen LogP contribution in [0.15, 0.2) is 18.2 Å². The number of esters is 1. The third-order valence-electron chi connectivity index (χ3n) is 6.15. The van der Waals surface area contributed by atoms with Crippen LogP contribution < -0.4 is 4.74 Å². The van der Waals surface area contributed by atoms with E-state index >= 15 is 0 Å². The smallest absolute Gasteiger partial charge is 0.338 e. The van der Waals surface area contributed by atoms with Gasteiger partial charge in [0.25, 0.3) is 0 Å². The van der Waals surface area contributed by atoms with Crippen molar-refractivity contribution >= 4 is 23.1 Å². The van der Waals surface area contributed by atoms with E-state index in [1.165, 1.54) is 38.5 Å². The van der Waals surface area contributed by atoms with Crippen molar-refractivity contribution in [3.05, 3.63) is 34.4 Å². The number of halogens is 1. The van der Waals surface area contributed by atoms with Crippen LogP contribution in [0, 0.1) is 11.3 Å². The predicted octanol–water partition coefficient (Wildman–Crippen LogP) is 4.80. The second kappa shape index (κ2) is 6.11. The summed E-state index contributed by atoms with van der Waals surface area (Å²) in [5.74, 6) is 1.41. The third-order valence-corrected chi connectivity index (χ3v) is 6.45. The molecule has 3 nitrogen and oxygen atoms in total. The number of carbonyl (C=O) groups is 1. The second-order valence-corrected chi connectivity index (χ2v) is 7.93. The number of allylic oxidation sites excluding steroid dienone is 1. The zero-order valence-corrected chi connectivity index (χ0v) is 14.8. The molecule has 0 spiro atoms. The standard InChI is InChI=1S/C20H23ClO3/c1-23-15-10-14-2-3-16(18(14)17(21)11-15)19(22)24-12-20-7-4-13(5-8-20)6-9-20/h3,10-11,13H,2,4-9,12H2,1H3. The first-order valence-electron chi connectivity index (χ1n) is 8.84. The zero-order valence-electron chi connectivity index (χ0n) is 14.1. The Morgan fingerprint density at radius 1 is 1.25 bits per heavy atom. The van der Waals surface area contributed by atoms with Crippen LogP contribution in [0.5, 0.6) is 5.75 Å². The van der Waals surface area contributed by atoms with Crippen molar-refractivity contribution in [2.24, 2.45) is 11.3 Å². The van der Waals surface area contributed by atoms with E-state index in [0.29, 0.717) is 23.6 Å². The minimum atomic E-state index is -0.233. The molecule has 4 aliphatic rings. The molecule has 0 aromatic heterocycles. The number of hydrogen-bond acceptors (Lipinski definition) is 3. The van der Waals surface area contributed by atoms with Gasteiger partial charge in [-0.15, -0.1) is 0 Å². The lowest BCUT2D eigenvalue weighted by Crippen LogP contribution is -2.38. The summed E-state index contributed by atoms with van der Waals surface area (Å²) in [4.78, 5) is 12.6. The van der Waals surface area contributed by atoms with Gasteiger partial charge in [0.15, 0.2) is 0 Å². The lowest BCUT2D eigenvalue weighted by atomic mass is 9.61. The molecule has 0 N–H and O–H groups in total. The van der Waals surface area contributed by atoms with Crippen LogP contribution >= 0.6 is 11.6 Å². The molecule has 0 unspecified atom stereocenters. The van der Waals surface area contributed by atoms with E-state index in [9.17, 15) is 4.79 Å². The van der Waals surface area contributed by atoms with Gasteiger partial charge in [-0.1, -0.05) is 17.7 Å². The normalized spacial score (nSPS) is 27.6. The fraction of sp³-hybridized carbons (Fsp3) is 0.550. The molecule has 0 aliphatic heterocycles. The summed E-state index contributed by atoms with van der Waals surface area (Å²) < 4.78 is 11.0. The summed E-state index contributed by atoms with van der Waals surface area (Å²) in [6.45, 7) is 0.555. The fourth-order valence-corrected chi connectivity index (χ4v) is 4.90. The van der Waals surface area contributed by atoms with Crippen molar-refractivity contribution in [3.63, 3.8) is 0 Å². The van der Waals surface area contributed by atoms with Gasteiger partial charge in [-0.05, 0) is 68.6 Å². The van der Waals surface area contributed by atoms with Gasteiger partial charge in [-0.25, -0.2) is 4.79 Å². The lowest BCUT2D eigenvalue weighted by molar-refractivity contribution is -0.142. The van der Waals surface area contributed by atoms with Crippen LogP contribution in [0.2, 0.25) is 5.02 Å². The quantitative estimate of drug-likeness (QED) is 0.734. The molecule has 4 aliphatic carbocycles. The van der Waals surface area contributed by atoms with Crippen LogP contribution in [0.25, 0.3) is 5.57 Å². The highest BCUT2D eigenvalue weighted by atomic mass is 35.5. The number of rotatable bonds is 4. The minimum absolute atomic E-state index is 0.232. The molecular weight excluding hydrogens is 324 g/mol. The Hall–Kier alpha value is -1.48. The van der Waals surface area contributed by atoms with Crippen molar-refractivity contribution in [2.45, 2.75) is 44.9 Å². The Balaban J connectivity index is 1.47. The van der Waals surface area contributed by atoms with Gasteiger partial charge >= 0.3 is 5.97 Å². The topological polar surface area (TPSA) is 35.5 Å². The molecule has 1 aromatic carbocycles. The Kier molecular flexibility index (Phi) is 4.07. The number of ether oxygens (including phenoxy) is 2.